The minimum atomic E-state index is 0.164. The second-order valence-corrected chi connectivity index (χ2v) is 5.69. The predicted molar refractivity (Wildman–Crippen MR) is 96.0 cm³/mol. The smallest absolute Gasteiger partial charge is 0.163 e. The number of carbonyl (C=O) groups excluding carboxylic acids is 1. The summed E-state index contributed by atoms with van der Waals surface area (Å²) >= 11 is 0. The van der Waals surface area contributed by atoms with E-state index in [4.69, 9.17) is 24.5 Å². The Balaban J connectivity index is 1.67. The number of carbonyl (C=O) groups is 1. The Kier molecular flexibility index (Phi) is 8.75. The van der Waals surface area contributed by atoms with Crippen molar-refractivity contribution in [3.05, 3.63) is 33.7 Å². The predicted octanol–water partition coefficient (Wildman–Crippen LogP) is 3.33. The normalized spacial score (nSPS) is 12.6. The topological polar surface area (TPSA) is 103 Å². The molecule has 0 amide bonds. The zero-order chi connectivity index (χ0) is 18.6. The van der Waals surface area contributed by atoms with Crippen molar-refractivity contribution in [2.45, 2.75) is 26.2 Å². The molecule has 0 atom stereocenters. The lowest BCUT2D eigenvalue weighted by atomic mass is 10.1. The van der Waals surface area contributed by atoms with Gasteiger partial charge in [0.2, 0.25) is 0 Å². The maximum atomic E-state index is 11.9. The maximum Gasteiger partial charge on any atom is 0.163 e. The minimum Gasteiger partial charge on any atom is -0.490 e. The van der Waals surface area contributed by atoms with Crippen LogP contribution in [0.3, 0.4) is 0 Å². The minimum absolute atomic E-state index is 0.164. The molecule has 0 unspecified atom stereocenters. The van der Waals surface area contributed by atoms with Gasteiger partial charge in [-0.05, 0) is 36.6 Å². The fourth-order valence-corrected chi connectivity index (χ4v) is 2.65. The van der Waals surface area contributed by atoms with Gasteiger partial charge in [-0.25, -0.2) is 0 Å². The first kappa shape index (κ1) is 20.0. The van der Waals surface area contributed by atoms with Crippen LogP contribution in [0.15, 0.2) is 17.2 Å². The molecule has 0 saturated carbocycles. The van der Waals surface area contributed by atoms with Crippen molar-refractivity contribution in [3.8, 4) is 11.5 Å². The number of ether oxygens (including phenoxy) is 4. The molecule has 2 rings (SSSR count). The van der Waals surface area contributed by atoms with Crippen LogP contribution < -0.4 is 9.47 Å². The summed E-state index contributed by atoms with van der Waals surface area (Å²) in [5.41, 5.74) is 9.90. The number of benzene rings is 1. The van der Waals surface area contributed by atoms with Crippen LogP contribution in [-0.2, 0) is 15.9 Å². The molecule has 0 heterocycles. The molecule has 0 aromatic heterocycles. The summed E-state index contributed by atoms with van der Waals surface area (Å²) in [5, 5.41) is 3.37. The molecule has 0 bridgehead atoms. The van der Waals surface area contributed by atoms with Crippen LogP contribution in [0.1, 0.15) is 35.7 Å². The number of Topliss-reactive ketones (excluding diaryl/α,β-unsaturated/α-hetero) is 1. The number of hydrogen-bond acceptors (Lipinski definition) is 6. The largest absolute Gasteiger partial charge is 0.490 e. The molecule has 8 heteroatoms. The molecule has 0 N–H and O–H groups in total. The fraction of sp³-hybridized carbons (Fsp3) is 0.611. The van der Waals surface area contributed by atoms with E-state index in [1.807, 2.05) is 13.0 Å². The van der Waals surface area contributed by atoms with Crippen LogP contribution in [0.2, 0.25) is 0 Å². The molecule has 0 saturated heterocycles. The van der Waals surface area contributed by atoms with Crippen LogP contribution in [0.4, 0.5) is 0 Å². The number of hydrogen-bond donors (Lipinski definition) is 0. The van der Waals surface area contributed by atoms with Crippen molar-refractivity contribution in [1.29, 1.82) is 0 Å². The summed E-state index contributed by atoms with van der Waals surface area (Å²) in [6, 6.07) is 3.72. The van der Waals surface area contributed by atoms with E-state index < -0.39 is 0 Å². The lowest BCUT2D eigenvalue weighted by Gasteiger charge is -2.14. The van der Waals surface area contributed by atoms with E-state index >= 15 is 0 Å². The van der Waals surface area contributed by atoms with Crippen LogP contribution in [-0.4, -0.2) is 52.0 Å². The zero-order valence-corrected chi connectivity index (χ0v) is 15.1. The lowest BCUT2D eigenvalue weighted by molar-refractivity contribution is 0.0462. The monoisotopic (exact) mass is 363 g/mol. The van der Waals surface area contributed by atoms with Gasteiger partial charge in [0.15, 0.2) is 17.3 Å². The Bertz CT molecular complexity index is 644. The standard InChI is InChI=1S/C18H25N3O5/c1-2-25-17-12-14-4-5-16(22)15(14)13-18(17)26-8-3-7-23-10-11-24-9-6-20-21-19/h12-13H,2-11H2,1H3. The molecule has 0 fully saturated rings. The van der Waals surface area contributed by atoms with Gasteiger partial charge in [0.25, 0.3) is 0 Å². The molecule has 0 spiro atoms. The van der Waals surface area contributed by atoms with E-state index in [2.05, 4.69) is 10.0 Å². The molecule has 26 heavy (non-hydrogen) atoms. The van der Waals surface area contributed by atoms with Gasteiger partial charge in [0, 0.05) is 36.5 Å². The van der Waals surface area contributed by atoms with E-state index in [0.29, 0.717) is 64.1 Å². The third kappa shape index (κ3) is 6.22. The number of nitrogens with zero attached hydrogens (tertiary/aromatic N) is 3. The molecule has 8 nitrogen and oxygen atoms in total. The molecule has 1 aromatic carbocycles. The first-order chi connectivity index (χ1) is 12.8. The Labute approximate surface area is 153 Å². The van der Waals surface area contributed by atoms with Gasteiger partial charge in [-0.2, -0.15) is 0 Å². The summed E-state index contributed by atoms with van der Waals surface area (Å²) in [7, 11) is 0. The second kappa shape index (κ2) is 11.4. The first-order valence-corrected chi connectivity index (χ1v) is 8.88. The SMILES string of the molecule is CCOc1cc2c(cc1OCCCOCCOCCN=[N+]=[N-])C(=O)CC2. The third-order valence-corrected chi connectivity index (χ3v) is 3.85. The Hall–Kier alpha value is -2.28. The molecular formula is C18H25N3O5. The average molecular weight is 363 g/mol. The quantitative estimate of drug-likeness (QED) is 0.231. The van der Waals surface area contributed by atoms with E-state index in [1.54, 1.807) is 6.07 Å². The Morgan fingerprint density at radius 2 is 1.81 bits per heavy atom. The lowest BCUT2D eigenvalue weighted by Crippen LogP contribution is -2.09. The van der Waals surface area contributed by atoms with E-state index in [1.165, 1.54) is 0 Å². The van der Waals surface area contributed by atoms with E-state index in [9.17, 15) is 4.79 Å². The molecule has 0 radical (unpaired) electrons. The summed E-state index contributed by atoms with van der Waals surface area (Å²) in [5.74, 6) is 1.47. The van der Waals surface area contributed by atoms with Gasteiger partial charge >= 0.3 is 0 Å². The van der Waals surface area contributed by atoms with E-state index in [-0.39, 0.29) is 5.78 Å². The van der Waals surface area contributed by atoms with Crippen LogP contribution >= 0.6 is 0 Å². The number of aryl methyl sites for hydroxylation is 1. The maximum absolute atomic E-state index is 11.9. The number of fused-ring (bicyclic) bond motifs is 1. The van der Waals surface area contributed by atoms with Crippen LogP contribution in [0.25, 0.3) is 10.4 Å². The zero-order valence-electron chi connectivity index (χ0n) is 15.1. The van der Waals surface area contributed by atoms with Crippen molar-refractivity contribution in [2.75, 3.05) is 46.2 Å². The Morgan fingerprint density at radius 3 is 2.58 bits per heavy atom. The van der Waals surface area contributed by atoms with Crippen molar-refractivity contribution in [3.63, 3.8) is 0 Å². The summed E-state index contributed by atoms with van der Waals surface area (Å²) in [6.45, 7) is 5.16. The highest BCUT2D eigenvalue weighted by Crippen LogP contribution is 2.35. The fourth-order valence-electron chi connectivity index (χ4n) is 2.65. The Morgan fingerprint density at radius 1 is 1.04 bits per heavy atom. The van der Waals surface area contributed by atoms with Crippen molar-refractivity contribution in [1.82, 2.24) is 0 Å². The second-order valence-electron chi connectivity index (χ2n) is 5.69. The highest BCUT2D eigenvalue weighted by atomic mass is 16.5. The number of rotatable bonds is 13. The van der Waals surface area contributed by atoms with E-state index in [0.717, 1.165) is 24.0 Å². The summed E-state index contributed by atoms with van der Waals surface area (Å²) in [4.78, 5) is 14.5. The average Bonchev–Trinajstić information content (AvgIpc) is 3.00. The van der Waals surface area contributed by atoms with Crippen LogP contribution in [0, 0.1) is 0 Å². The molecule has 1 aromatic rings. The summed E-state index contributed by atoms with van der Waals surface area (Å²) in [6.07, 6.45) is 2.05. The van der Waals surface area contributed by atoms with Gasteiger partial charge in [-0.15, -0.1) is 0 Å². The van der Waals surface area contributed by atoms with Crippen molar-refractivity contribution >= 4 is 5.78 Å². The molecule has 142 valence electrons. The van der Waals surface area contributed by atoms with Crippen molar-refractivity contribution < 1.29 is 23.7 Å². The van der Waals surface area contributed by atoms with Gasteiger partial charge in [-0.1, -0.05) is 5.11 Å². The van der Waals surface area contributed by atoms with Gasteiger partial charge in [0.05, 0.1) is 33.0 Å². The molecule has 1 aliphatic carbocycles. The molecule has 0 aliphatic heterocycles. The molecule has 1 aliphatic rings. The van der Waals surface area contributed by atoms with Gasteiger partial charge in [0.1, 0.15) is 0 Å². The van der Waals surface area contributed by atoms with Gasteiger partial charge < -0.3 is 18.9 Å². The molecular weight excluding hydrogens is 338 g/mol. The highest BCUT2D eigenvalue weighted by Gasteiger charge is 2.22. The van der Waals surface area contributed by atoms with Crippen molar-refractivity contribution in [2.24, 2.45) is 5.11 Å². The van der Waals surface area contributed by atoms with Crippen LogP contribution in [0.5, 0.6) is 11.5 Å². The first-order valence-electron chi connectivity index (χ1n) is 8.88. The highest BCUT2D eigenvalue weighted by molar-refractivity contribution is 6.01. The summed E-state index contributed by atoms with van der Waals surface area (Å²) < 4.78 is 22.1. The third-order valence-electron chi connectivity index (χ3n) is 3.85. The number of ketones is 1. The number of azide groups is 1. The van der Waals surface area contributed by atoms with Gasteiger partial charge in [-0.3, -0.25) is 4.79 Å².